The molecule has 0 amide bonds. The molecule has 1 aliphatic carbocycles. The first kappa shape index (κ1) is 6.09. The fraction of sp³-hybridized carbons (Fsp3) is 1.00. The van der Waals surface area contributed by atoms with Crippen molar-refractivity contribution in [3.8, 4) is 0 Å². The van der Waals surface area contributed by atoms with Crippen molar-refractivity contribution in [1.29, 1.82) is 0 Å². The lowest BCUT2D eigenvalue weighted by molar-refractivity contribution is 0.334. The van der Waals surface area contributed by atoms with Crippen molar-refractivity contribution in [2.75, 3.05) is 6.54 Å². The lowest BCUT2D eigenvalue weighted by atomic mass is 9.93. The van der Waals surface area contributed by atoms with Gasteiger partial charge in [-0.15, -0.1) is 0 Å². The van der Waals surface area contributed by atoms with Crippen molar-refractivity contribution in [3.05, 3.63) is 0 Å². The average Bonchev–Trinajstić information content (AvgIpc) is 1.63. The summed E-state index contributed by atoms with van der Waals surface area (Å²) in [7, 11) is 0. The smallest absolute Gasteiger partial charge is 0.0246 e. The van der Waals surface area contributed by atoms with Crippen molar-refractivity contribution < 1.29 is 0 Å². The first-order chi connectivity index (χ1) is 3.93. The Hall–Kier alpha value is -0.0400. The van der Waals surface area contributed by atoms with Gasteiger partial charge >= 0.3 is 0 Å². The van der Waals surface area contributed by atoms with Crippen LogP contribution in [-0.2, 0) is 0 Å². The molecule has 1 radical (unpaired) electrons. The highest BCUT2D eigenvalue weighted by Crippen LogP contribution is 2.18. The fourth-order valence-electron chi connectivity index (χ4n) is 0.881. The molecule has 0 aromatic rings. The molecule has 1 fully saturated rings. The van der Waals surface area contributed by atoms with Gasteiger partial charge in [-0.05, 0) is 19.3 Å². The molecule has 0 aliphatic heterocycles. The van der Waals surface area contributed by atoms with E-state index in [-0.39, 0.29) is 0 Å². The molecule has 0 bridgehead atoms. The molecule has 1 heteroatoms. The molecule has 0 unspecified atom stereocenters. The minimum absolute atomic E-state index is 0.759. The zero-order valence-corrected chi connectivity index (χ0v) is 5.56. The van der Waals surface area contributed by atoms with E-state index in [9.17, 15) is 0 Å². The van der Waals surface area contributed by atoms with E-state index >= 15 is 0 Å². The zero-order chi connectivity index (χ0) is 5.82. The maximum atomic E-state index is 4.45. The van der Waals surface area contributed by atoms with Crippen LogP contribution in [0, 0.1) is 0 Å². The van der Waals surface area contributed by atoms with Gasteiger partial charge in [-0.1, -0.05) is 13.3 Å². The van der Waals surface area contributed by atoms with E-state index in [0.29, 0.717) is 0 Å². The maximum Gasteiger partial charge on any atom is 0.0246 e. The summed E-state index contributed by atoms with van der Waals surface area (Å²) in [6, 6.07) is 0.759. The Labute approximate surface area is 51.5 Å². The van der Waals surface area contributed by atoms with E-state index in [1.807, 2.05) is 0 Å². The summed E-state index contributed by atoms with van der Waals surface area (Å²) in [6.07, 6.45) is 5.36. The van der Waals surface area contributed by atoms with Crippen LogP contribution < -0.4 is 5.32 Å². The summed E-state index contributed by atoms with van der Waals surface area (Å²) in [5.41, 5.74) is 0. The predicted molar refractivity (Wildman–Crippen MR) is 34.9 cm³/mol. The normalized spacial score (nSPS) is 20.6. The van der Waals surface area contributed by atoms with Gasteiger partial charge in [0.05, 0.1) is 0 Å². The number of hydrogen-bond donors (Lipinski definition) is 0. The second-order valence-electron chi connectivity index (χ2n) is 2.49. The van der Waals surface area contributed by atoms with Gasteiger partial charge in [-0.25, -0.2) is 5.32 Å². The highest BCUT2D eigenvalue weighted by Gasteiger charge is 2.16. The molecule has 0 N–H and O–H groups in total. The third-order valence-electron chi connectivity index (χ3n) is 1.69. The van der Waals surface area contributed by atoms with Gasteiger partial charge in [0.1, 0.15) is 0 Å². The van der Waals surface area contributed by atoms with Crippen LogP contribution in [0.4, 0.5) is 0 Å². The van der Waals surface area contributed by atoms with Crippen LogP contribution >= 0.6 is 0 Å². The summed E-state index contributed by atoms with van der Waals surface area (Å²) >= 11 is 0. The summed E-state index contributed by atoms with van der Waals surface area (Å²) in [4.78, 5) is 0. The van der Waals surface area contributed by atoms with E-state index in [0.717, 1.165) is 12.6 Å². The van der Waals surface area contributed by atoms with E-state index in [2.05, 4.69) is 12.2 Å². The molecule has 1 rings (SSSR count). The van der Waals surface area contributed by atoms with Crippen molar-refractivity contribution in [3.63, 3.8) is 0 Å². The van der Waals surface area contributed by atoms with Gasteiger partial charge in [0.2, 0.25) is 0 Å². The summed E-state index contributed by atoms with van der Waals surface area (Å²) in [6.45, 7) is 3.27. The molecule has 47 valence electrons. The standard InChI is InChI=1S/C7H14N/c1-2-6-8-7-4-3-5-7/h7H,2-6H2,1H3. The quantitative estimate of drug-likeness (QED) is 0.526. The Kier molecular flexibility index (Phi) is 2.34. The van der Waals surface area contributed by atoms with Gasteiger partial charge < -0.3 is 0 Å². The fourth-order valence-corrected chi connectivity index (χ4v) is 0.881. The van der Waals surface area contributed by atoms with Gasteiger partial charge in [0.15, 0.2) is 0 Å². The Morgan fingerprint density at radius 2 is 2.25 bits per heavy atom. The Morgan fingerprint density at radius 1 is 1.50 bits per heavy atom. The third-order valence-corrected chi connectivity index (χ3v) is 1.69. The van der Waals surface area contributed by atoms with Gasteiger partial charge in [-0.3, -0.25) is 0 Å². The van der Waals surface area contributed by atoms with Crippen molar-refractivity contribution in [2.45, 2.75) is 38.6 Å². The number of rotatable bonds is 3. The minimum atomic E-state index is 0.759. The molecule has 0 aromatic carbocycles. The first-order valence-electron chi connectivity index (χ1n) is 3.60. The van der Waals surface area contributed by atoms with Crippen LogP contribution in [0.15, 0.2) is 0 Å². The molecular weight excluding hydrogens is 98.1 g/mol. The van der Waals surface area contributed by atoms with Crippen LogP contribution in [0.25, 0.3) is 0 Å². The van der Waals surface area contributed by atoms with Crippen LogP contribution in [0.1, 0.15) is 32.6 Å². The lowest BCUT2D eigenvalue weighted by Crippen LogP contribution is -2.29. The average molecular weight is 112 g/mol. The summed E-state index contributed by atoms with van der Waals surface area (Å²) in [5, 5.41) is 4.45. The topological polar surface area (TPSA) is 14.1 Å². The van der Waals surface area contributed by atoms with Crippen molar-refractivity contribution >= 4 is 0 Å². The molecule has 0 saturated heterocycles. The second-order valence-corrected chi connectivity index (χ2v) is 2.49. The molecule has 1 saturated carbocycles. The van der Waals surface area contributed by atoms with Gasteiger partial charge in [-0.2, -0.15) is 0 Å². The highest BCUT2D eigenvalue weighted by atomic mass is 14.9. The maximum absolute atomic E-state index is 4.45. The van der Waals surface area contributed by atoms with Crippen LogP contribution in [0.3, 0.4) is 0 Å². The molecule has 0 atom stereocenters. The number of hydrogen-bond acceptors (Lipinski definition) is 0. The number of nitrogens with zero attached hydrogens (tertiary/aromatic N) is 1. The second kappa shape index (κ2) is 3.08. The Morgan fingerprint density at radius 3 is 2.62 bits per heavy atom. The summed E-state index contributed by atoms with van der Waals surface area (Å²) in [5.74, 6) is 0. The molecule has 0 aromatic heterocycles. The van der Waals surface area contributed by atoms with Crippen molar-refractivity contribution in [1.82, 2.24) is 5.32 Å². The lowest BCUT2D eigenvalue weighted by Gasteiger charge is -2.24. The van der Waals surface area contributed by atoms with E-state index in [4.69, 9.17) is 0 Å². The SMILES string of the molecule is CCC[N]C1CCC1. The molecule has 0 heterocycles. The molecule has 1 nitrogen and oxygen atoms in total. The predicted octanol–water partition coefficient (Wildman–Crippen LogP) is 1.55. The zero-order valence-electron chi connectivity index (χ0n) is 5.56. The van der Waals surface area contributed by atoms with Gasteiger partial charge in [0, 0.05) is 12.6 Å². The largest absolute Gasteiger partial charge is 0.238 e. The first-order valence-corrected chi connectivity index (χ1v) is 3.60. The van der Waals surface area contributed by atoms with Crippen LogP contribution in [0.5, 0.6) is 0 Å². The third kappa shape index (κ3) is 1.48. The van der Waals surface area contributed by atoms with Crippen molar-refractivity contribution in [2.24, 2.45) is 0 Å². The van der Waals surface area contributed by atoms with E-state index in [1.165, 1.54) is 25.7 Å². The summed E-state index contributed by atoms with van der Waals surface area (Å²) < 4.78 is 0. The molecular formula is C7H14N. The molecule has 0 spiro atoms. The van der Waals surface area contributed by atoms with Gasteiger partial charge in [0.25, 0.3) is 0 Å². The van der Waals surface area contributed by atoms with E-state index in [1.54, 1.807) is 0 Å². The van der Waals surface area contributed by atoms with Crippen LogP contribution in [-0.4, -0.2) is 12.6 Å². The highest BCUT2D eigenvalue weighted by molar-refractivity contribution is 4.74. The van der Waals surface area contributed by atoms with E-state index < -0.39 is 0 Å². The Balaban J connectivity index is 1.86. The molecule has 8 heavy (non-hydrogen) atoms. The molecule has 1 aliphatic rings. The minimum Gasteiger partial charge on any atom is -0.238 e. The monoisotopic (exact) mass is 112 g/mol. The van der Waals surface area contributed by atoms with Crippen LogP contribution in [0.2, 0.25) is 0 Å². The Bertz CT molecular complexity index is 57.4.